The summed E-state index contributed by atoms with van der Waals surface area (Å²) in [6.07, 6.45) is 0. The Bertz CT molecular complexity index is 1380. The van der Waals surface area contributed by atoms with Gasteiger partial charge in [-0.05, 0) is 85.3 Å². The molecule has 37 heavy (non-hydrogen) atoms. The maximum absolute atomic E-state index is 13.5. The van der Waals surface area contributed by atoms with Crippen molar-refractivity contribution >= 4 is 23.1 Å². The summed E-state index contributed by atoms with van der Waals surface area (Å²) in [4.78, 5) is 28.4. The zero-order chi connectivity index (χ0) is 27.1. The fraction of sp³-hybridized carbons (Fsp3) is 0.290. The van der Waals surface area contributed by atoms with E-state index in [9.17, 15) is 19.8 Å². The zero-order valence-corrected chi connectivity index (χ0v) is 22.1. The van der Waals surface area contributed by atoms with E-state index in [4.69, 9.17) is 4.74 Å². The second kappa shape index (κ2) is 9.77. The molecule has 0 aromatic heterocycles. The highest BCUT2D eigenvalue weighted by Gasteiger charge is 2.47. The van der Waals surface area contributed by atoms with Crippen LogP contribution in [0.4, 0.5) is 5.69 Å². The van der Waals surface area contributed by atoms with Crippen LogP contribution < -0.4 is 9.64 Å². The van der Waals surface area contributed by atoms with Crippen LogP contribution in [0.15, 0.2) is 66.2 Å². The second-order valence-corrected chi connectivity index (χ2v) is 10.5. The topological polar surface area (TPSA) is 87.1 Å². The van der Waals surface area contributed by atoms with Crippen molar-refractivity contribution in [3.05, 3.63) is 94.1 Å². The molecule has 1 unspecified atom stereocenters. The number of aliphatic hydroxyl groups is 1. The molecule has 1 atom stereocenters. The monoisotopic (exact) mass is 499 g/mol. The Hall–Kier alpha value is -4.06. The van der Waals surface area contributed by atoms with E-state index in [1.807, 2.05) is 65.8 Å². The van der Waals surface area contributed by atoms with E-state index in [-0.39, 0.29) is 22.5 Å². The Morgan fingerprint density at radius 3 is 2.14 bits per heavy atom. The van der Waals surface area contributed by atoms with Crippen molar-refractivity contribution in [2.45, 2.75) is 53.0 Å². The minimum absolute atomic E-state index is 0.00105. The van der Waals surface area contributed by atoms with Gasteiger partial charge >= 0.3 is 0 Å². The van der Waals surface area contributed by atoms with Crippen molar-refractivity contribution in [1.29, 1.82) is 0 Å². The predicted octanol–water partition coefficient (Wildman–Crippen LogP) is 6.33. The van der Waals surface area contributed by atoms with Crippen LogP contribution in [0.3, 0.4) is 0 Å². The van der Waals surface area contributed by atoms with Crippen LogP contribution in [-0.4, -0.2) is 28.5 Å². The fourth-order valence-corrected chi connectivity index (χ4v) is 4.86. The van der Waals surface area contributed by atoms with Crippen LogP contribution >= 0.6 is 0 Å². The van der Waals surface area contributed by atoms with Gasteiger partial charge in [-0.1, -0.05) is 39.0 Å². The summed E-state index contributed by atoms with van der Waals surface area (Å²) in [6.45, 7) is 12.4. The number of hydrogen-bond acceptors (Lipinski definition) is 5. The average molecular weight is 500 g/mol. The zero-order valence-electron chi connectivity index (χ0n) is 22.1. The van der Waals surface area contributed by atoms with Gasteiger partial charge in [0.2, 0.25) is 0 Å². The fourth-order valence-electron chi connectivity index (χ4n) is 4.86. The van der Waals surface area contributed by atoms with E-state index in [0.717, 1.165) is 16.7 Å². The molecule has 6 nitrogen and oxygen atoms in total. The SMILES string of the molecule is CCOc1ccc(/C(O)=C2/C(=O)C(=O)N(c3cc(C)cc(C)c3)C2c2ccc(O)cc2)cc1C(C)(C)C. The molecule has 0 aliphatic carbocycles. The smallest absolute Gasteiger partial charge is 0.300 e. The maximum Gasteiger partial charge on any atom is 0.300 e. The summed E-state index contributed by atoms with van der Waals surface area (Å²) >= 11 is 0. The molecule has 0 saturated carbocycles. The number of Topliss-reactive ketones (excluding diaryl/α,β-unsaturated/α-hetero) is 1. The Labute approximate surface area is 217 Å². The molecular weight excluding hydrogens is 466 g/mol. The summed E-state index contributed by atoms with van der Waals surface area (Å²) in [5.41, 5.74) is 4.07. The first-order chi connectivity index (χ1) is 17.4. The second-order valence-electron chi connectivity index (χ2n) is 10.5. The summed E-state index contributed by atoms with van der Waals surface area (Å²) < 4.78 is 5.81. The number of phenols is 1. The number of aromatic hydroxyl groups is 1. The first kappa shape index (κ1) is 26.0. The third-order valence-electron chi connectivity index (χ3n) is 6.50. The summed E-state index contributed by atoms with van der Waals surface area (Å²) in [5.74, 6) is -0.963. The number of anilines is 1. The number of nitrogens with zero attached hydrogens (tertiary/aromatic N) is 1. The minimum Gasteiger partial charge on any atom is -0.508 e. The van der Waals surface area contributed by atoms with Crippen LogP contribution in [0.2, 0.25) is 0 Å². The van der Waals surface area contributed by atoms with E-state index in [0.29, 0.717) is 29.2 Å². The molecule has 192 valence electrons. The number of aliphatic hydroxyl groups excluding tert-OH is 1. The Morgan fingerprint density at radius 1 is 0.946 bits per heavy atom. The van der Waals surface area contributed by atoms with Crippen molar-refractivity contribution in [2.75, 3.05) is 11.5 Å². The summed E-state index contributed by atoms with van der Waals surface area (Å²) in [7, 11) is 0. The molecule has 0 spiro atoms. The molecule has 1 aliphatic heterocycles. The quantitative estimate of drug-likeness (QED) is 0.243. The number of hydrogen-bond donors (Lipinski definition) is 2. The molecule has 0 radical (unpaired) electrons. The number of benzene rings is 3. The number of carbonyl (C=O) groups is 2. The Balaban J connectivity index is 1.96. The summed E-state index contributed by atoms with van der Waals surface area (Å²) in [5, 5.41) is 21.4. The lowest BCUT2D eigenvalue weighted by Crippen LogP contribution is -2.29. The van der Waals surface area contributed by atoms with E-state index in [1.165, 1.54) is 17.0 Å². The van der Waals surface area contributed by atoms with Crippen LogP contribution in [0.1, 0.15) is 61.6 Å². The highest BCUT2D eigenvalue weighted by atomic mass is 16.5. The molecule has 1 amide bonds. The normalized spacial score (nSPS) is 17.4. The Kier molecular flexibility index (Phi) is 6.87. The molecule has 0 bridgehead atoms. The van der Waals surface area contributed by atoms with Crippen LogP contribution in [-0.2, 0) is 15.0 Å². The van der Waals surface area contributed by atoms with E-state index >= 15 is 0 Å². The van der Waals surface area contributed by atoms with Crippen LogP contribution in [0.25, 0.3) is 5.76 Å². The number of rotatable bonds is 5. The molecule has 1 saturated heterocycles. The van der Waals surface area contributed by atoms with Gasteiger partial charge in [-0.25, -0.2) is 0 Å². The lowest BCUT2D eigenvalue weighted by atomic mass is 9.84. The first-order valence-electron chi connectivity index (χ1n) is 12.4. The lowest BCUT2D eigenvalue weighted by molar-refractivity contribution is -0.132. The predicted molar refractivity (Wildman–Crippen MR) is 145 cm³/mol. The van der Waals surface area contributed by atoms with Gasteiger partial charge in [0.1, 0.15) is 17.3 Å². The van der Waals surface area contributed by atoms with Gasteiger partial charge in [-0.15, -0.1) is 0 Å². The van der Waals surface area contributed by atoms with Gasteiger partial charge < -0.3 is 14.9 Å². The van der Waals surface area contributed by atoms with Gasteiger partial charge in [-0.3, -0.25) is 14.5 Å². The van der Waals surface area contributed by atoms with Crippen molar-refractivity contribution in [1.82, 2.24) is 0 Å². The van der Waals surface area contributed by atoms with Crippen molar-refractivity contribution in [3.63, 3.8) is 0 Å². The van der Waals surface area contributed by atoms with Gasteiger partial charge in [-0.2, -0.15) is 0 Å². The third-order valence-corrected chi connectivity index (χ3v) is 6.50. The number of ketones is 1. The highest BCUT2D eigenvalue weighted by molar-refractivity contribution is 6.51. The van der Waals surface area contributed by atoms with Gasteiger partial charge in [0, 0.05) is 16.8 Å². The molecule has 1 fully saturated rings. The first-order valence-corrected chi connectivity index (χ1v) is 12.4. The molecule has 6 heteroatoms. The third kappa shape index (κ3) is 4.96. The average Bonchev–Trinajstić information content (AvgIpc) is 3.08. The maximum atomic E-state index is 13.5. The van der Waals surface area contributed by atoms with Crippen molar-refractivity contribution < 1.29 is 24.5 Å². The molecule has 2 N–H and O–H groups in total. The highest BCUT2D eigenvalue weighted by Crippen LogP contribution is 2.43. The standard InChI is InChI=1S/C31H33NO5/c1-7-37-25-13-10-21(17-24(25)31(4,5)6)28(34)26-27(20-8-11-23(33)12-9-20)32(30(36)29(26)35)22-15-18(2)14-19(3)16-22/h8-17,27,33-34H,7H2,1-6H3/b28-26-. The molecule has 3 aromatic rings. The minimum atomic E-state index is -0.869. The number of ether oxygens (including phenoxy) is 1. The lowest BCUT2D eigenvalue weighted by Gasteiger charge is -2.26. The Morgan fingerprint density at radius 2 is 1.57 bits per heavy atom. The number of amides is 1. The van der Waals surface area contributed by atoms with Crippen LogP contribution in [0, 0.1) is 13.8 Å². The largest absolute Gasteiger partial charge is 0.508 e. The molecule has 4 rings (SSSR count). The molecule has 3 aromatic carbocycles. The van der Waals surface area contributed by atoms with Crippen molar-refractivity contribution in [2.24, 2.45) is 0 Å². The molecular formula is C31H33NO5. The molecule has 1 aliphatic rings. The summed E-state index contributed by atoms with van der Waals surface area (Å²) in [6, 6.07) is 16.5. The van der Waals surface area contributed by atoms with E-state index in [1.54, 1.807) is 24.3 Å². The van der Waals surface area contributed by atoms with Gasteiger partial charge in [0.25, 0.3) is 11.7 Å². The van der Waals surface area contributed by atoms with Crippen molar-refractivity contribution in [3.8, 4) is 11.5 Å². The number of carbonyl (C=O) groups excluding carboxylic acids is 2. The number of aryl methyl sites for hydroxylation is 2. The van der Waals surface area contributed by atoms with Crippen LogP contribution in [0.5, 0.6) is 11.5 Å². The molecule has 1 heterocycles. The van der Waals surface area contributed by atoms with E-state index < -0.39 is 17.7 Å². The van der Waals surface area contributed by atoms with Gasteiger partial charge in [0.05, 0.1) is 18.2 Å². The number of phenolic OH excluding ortho intramolecular Hbond substituents is 1. The van der Waals surface area contributed by atoms with E-state index in [2.05, 4.69) is 0 Å². The van der Waals surface area contributed by atoms with Gasteiger partial charge in [0.15, 0.2) is 0 Å².